The quantitative estimate of drug-likeness (QED) is 0.805. The van der Waals surface area contributed by atoms with Crippen molar-refractivity contribution in [3.8, 4) is 0 Å². The molecule has 0 aromatic carbocycles. The Bertz CT molecular complexity index is 418. The predicted molar refractivity (Wildman–Crippen MR) is 64.4 cm³/mol. The van der Waals surface area contributed by atoms with Crippen LogP contribution < -0.4 is 11.5 Å². The van der Waals surface area contributed by atoms with Crippen molar-refractivity contribution < 1.29 is 9.53 Å². The van der Waals surface area contributed by atoms with Gasteiger partial charge in [0.05, 0.1) is 5.69 Å². The van der Waals surface area contributed by atoms with Crippen LogP contribution >= 0.6 is 0 Å². The van der Waals surface area contributed by atoms with Crippen LogP contribution in [0.25, 0.3) is 0 Å². The van der Waals surface area contributed by atoms with E-state index in [1.54, 1.807) is 14.0 Å². The zero-order valence-corrected chi connectivity index (χ0v) is 10.6. The molecule has 1 atom stereocenters. The van der Waals surface area contributed by atoms with Crippen molar-refractivity contribution in [2.45, 2.75) is 32.8 Å². The smallest absolute Gasteiger partial charge is 0.254 e. The normalized spacial score (nSPS) is 14.4. The summed E-state index contributed by atoms with van der Waals surface area (Å²) in [4.78, 5) is 19.5. The summed E-state index contributed by atoms with van der Waals surface area (Å²) in [5.41, 5.74) is 11.0. The molecule has 0 spiro atoms. The highest BCUT2D eigenvalue weighted by molar-refractivity contribution is 5.98. The number of ether oxygens (including phenoxy) is 1. The van der Waals surface area contributed by atoms with E-state index in [1.807, 2.05) is 13.8 Å². The molecule has 1 amide bonds. The van der Waals surface area contributed by atoms with Crippen molar-refractivity contribution in [1.82, 2.24) is 9.97 Å². The molecule has 1 aromatic heterocycles. The first-order chi connectivity index (χ1) is 7.85. The summed E-state index contributed by atoms with van der Waals surface area (Å²) in [6.07, 6.45) is 0.693. The van der Waals surface area contributed by atoms with E-state index in [0.717, 1.165) is 0 Å². The lowest BCUT2D eigenvalue weighted by Gasteiger charge is -2.25. The molecule has 0 bridgehead atoms. The second kappa shape index (κ2) is 4.67. The molecule has 1 heterocycles. The largest absolute Gasteiger partial charge is 0.383 e. The number of nitrogens with two attached hydrogens (primary N) is 2. The van der Waals surface area contributed by atoms with Crippen LogP contribution in [0.1, 0.15) is 42.1 Å². The molecule has 0 radical (unpaired) electrons. The number of hydrogen-bond acceptors (Lipinski definition) is 5. The lowest BCUT2D eigenvalue weighted by atomic mass is 10.0. The van der Waals surface area contributed by atoms with E-state index in [2.05, 4.69) is 9.97 Å². The van der Waals surface area contributed by atoms with Gasteiger partial charge in [0.15, 0.2) is 5.82 Å². The third-order valence-corrected chi connectivity index (χ3v) is 2.96. The lowest BCUT2D eigenvalue weighted by molar-refractivity contribution is -0.00901. The molecule has 1 aromatic rings. The number of amides is 1. The molecule has 0 aliphatic carbocycles. The highest BCUT2D eigenvalue weighted by Gasteiger charge is 2.29. The second-order valence-electron chi connectivity index (χ2n) is 4.05. The minimum absolute atomic E-state index is 0.0942. The molecule has 94 valence electrons. The number of carbonyl (C=O) groups is 1. The summed E-state index contributed by atoms with van der Waals surface area (Å²) in [5.74, 6) is -0.0682. The molecule has 1 unspecified atom stereocenters. The maximum atomic E-state index is 11.2. The fourth-order valence-corrected chi connectivity index (χ4v) is 1.53. The number of hydrogen-bond donors (Lipinski definition) is 2. The molecule has 0 fully saturated rings. The zero-order chi connectivity index (χ0) is 13.2. The van der Waals surface area contributed by atoms with Gasteiger partial charge in [0, 0.05) is 7.11 Å². The second-order valence-corrected chi connectivity index (χ2v) is 4.05. The minimum Gasteiger partial charge on any atom is -0.383 e. The Kier molecular flexibility index (Phi) is 3.67. The van der Waals surface area contributed by atoms with Gasteiger partial charge in [0.1, 0.15) is 17.0 Å². The summed E-state index contributed by atoms with van der Waals surface area (Å²) in [5, 5.41) is 0. The van der Waals surface area contributed by atoms with Gasteiger partial charge in [-0.15, -0.1) is 0 Å². The average molecular weight is 238 g/mol. The molecule has 0 saturated heterocycles. The number of anilines is 1. The first-order valence-electron chi connectivity index (χ1n) is 5.35. The summed E-state index contributed by atoms with van der Waals surface area (Å²) in [7, 11) is 1.58. The third-order valence-electron chi connectivity index (χ3n) is 2.96. The van der Waals surface area contributed by atoms with Gasteiger partial charge in [-0.05, 0) is 20.3 Å². The van der Waals surface area contributed by atoms with Crippen LogP contribution in [0.15, 0.2) is 0 Å². The van der Waals surface area contributed by atoms with Crippen molar-refractivity contribution in [2.75, 3.05) is 12.8 Å². The molecule has 4 N–H and O–H groups in total. The SMILES string of the molecule is CCC(C)(OC)c1nc(C)c(C(N)=O)c(N)n1. The molecule has 0 aliphatic heterocycles. The van der Waals surface area contributed by atoms with Crippen molar-refractivity contribution in [3.05, 3.63) is 17.1 Å². The highest BCUT2D eigenvalue weighted by Crippen LogP contribution is 2.27. The van der Waals surface area contributed by atoms with E-state index in [-0.39, 0.29) is 11.4 Å². The standard InChI is InChI=1S/C11H18N4O2/c1-5-11(3,17-4)10-14-6(2)7(9(13)16)8(12)15-10/h5H2,1-4H3,(H2,13,16)(H2,12,14,15). The molecular weight excluding hydrogens is 220 g/mol. The molecule has 0 saturated carbocycles. The number of aromatic nitrogens is 2. The Labute approximate surface area is 100 Å². The van der Waals surface area contributed by atoms with Gasteiger partial charge in [-0.2, -0.15) is 0 Å². The first-order valence-corrected chi connectivity index (χ1v) is 5.35. The van der Waals surface area contributed by atoms with Gasteiger partial charge < -0.3 is 16.2 Å². The number of rotatable bonds is 4. The van der Waals surface area contributed by atoms with E-state index in [9.17, 15) is 4.79 Å². The molecule has 0 aliphatic rings. The van der Waals surface area contributed by atoms with Crippen LogP contribution in [0.2, 0.25) is 0 Å². The average Bonchev–Trinajstić information content (AvgIpc) is 2.26. The molecule has 6 nitrogen and oxygen atoms in total. The van der Waals surface area contributed by atoms with E-state index in [4.69, 9.17) is 16.2 Å². The Morgan fingerprint density at radius 2 is 2.06 bits per heavy atom. The number of methoxy groups -OCH3 is 1. The van der Waals surface area contributed by atoms with Gasteiger partial charge in [-0.1, -0.05) is 6.92 Å². The fourth-order valence-electron chi connectivity index (χ4n) is 1.53. The Morgan fingerprint density at radius 3 is 2.41 bits per heavy atom. The van der Waals surface area contributed by atoms with E-state index < -0.39 is 11.5 Å². The summed E-state index contributed by atoms with van der Waals surface area (Å²) >= 11 is 0. The minimum atomic E-state index is -0.623. The van der Waals surface area contributed by atoms with Gasteiger partial charge >= 0.3 is 0 Å². The molecule has 17 heavy (non-hydrogen) atoms. The summed E-state index contributed by atoms with van der Waals surface area (Å²) in [6, 6.07) is 0. The summed E-state index contributed by atoms with van der Waals surface area (Å²) in [6.45, 7) is 5.50. The first kappa shape index (κ1) is 13.4. The molecular formula is C11H18N4O2. The van der Waals surface area contributed by atoms with E-state index >= 15 is 0 Å². The molecule has 1 rings (SSSR count). The third kappa shape index (κ3) is 2.36. The van der Waals surface area contributed by atoms with Gasteiger partial charge in [-0.25, -0.2) is 9.97 Å². The van der Waals surface area contributed by atoms with Gasteiger partial charge in [0.2, 0.25) is 0 Å². The zero-order valence-electron chi connectivity index (χ0n) is 10.6. The van der Waals surface area contributed by atoms with Crippen LogP contribution in [0.4, 0.5) is 5.82 Å². The maximum Gasteiger partial charge on any atom is 0.254 e. The number of nitrogen functional groups attached to an aromatic ring is 1. The van der Waals surface area contributed by atoms with E-state index in [0.29, 0.717) is 17.9 Å². The van der Waals surface area contributed by atoms with Gasteiger partial charge in [-0.3, -0.25) is 4.79 Å². The topological polar surface area (TPSA) is 104 Å². The van der Waals surface area contributed by atoms with Crippen LogP contribution in [-0.2, 0) is 10.3 Å². The van der Waals surface area contributed by atoms with Crippen LogP contribution in [0.3, 0.4) is 0 Å². The maximum absolute atomic E-state index is 11.2. The van der Waals surface area contributed by atoms with Crippen molar-refractivity contribution >= 4 is 11.7 Å². The van der Waals surface area contributed by atoms with Crippen molar-refractivity contribution in [3.63, 3.8) is 0 Å². The highest BCUT2D eigenvalue weighted by atomic mass is 16.5. The molecule has 6 heteroatoms. The number of primary amides is 1. The fraction of sp³-hybridized carbons (Fsp3) is 0.545. The predicted octanol–water partition coefficient (Wildman–Crippen LogP) is 0.738. The number of nitrogens with zero attached hydrogens (tertiary/aromatic N) is 2. The number of aryl methyl sites for hydroxylation is 1. The van der Waals surface area contributed by atoms with Crippen LogP contribution in [0.5, 0.6) is 0 Å². The summed E-state index contributed by atoms with van der Waals surface area (Å²) < 4.78 is 5.39. The lowest BCUT2D eigenvalue weighted by Crippen LogP contribution is -2.28. The Morgan fingerprint density at radius 1 is 1.47 bits per heavy atom. The Balaban J connectivity index is 3.37. The Hall–Kier alpha value is -1.69. The van der Waals surface area contributed by atoms with Crippen molar-refractivity contribution in [2.24, 2.45) is 5.73 Å². The van der Waals surface area contributed by atoms with Gasteiger partial charge in [0.25, 0.3) is 5.91 Å². The monoisotopic (exact) mass is 238 g/mol. The van der Waals surface area contributed by atoms with E-state index in [1.165, 1.54) is 0 Å². The number of carbonyl (C=O) groups excluding carboxylic acids is 1. The van der Waals surface area contributed by atoms with Crippen LogP contribution in [0, 0.1) is 6.92 Å². The van der Waals surface area contributed by atoms with Crippen molar-refractivity contribution in [1.29, 1.82) is 0 Å². The van der Waals surface area contributed by atoms with Crippen LogP contribution in [-0.4, -0.2) is 23.0 Å².